The van der Waals surface area contributed by atoms with Crippen LogP contribution in [0.25, 0.3) is 0 Å². The van der Waals surface area contributed by atoms with Crippen LogP contribution in [-0.4, -0.2) is 30.6 Å². The quantitative estimate of drug-likeness (QED) is 0.466. The largest absolute Gasteiger partial charge is 0.468 e. The van der Waals surface area contributed by atoms with E-state index in [0.29, 0.717) is 21.3 Å². The van der Waals surface area contributed by atoms with E-state index < -0.39 is 23.7 Å². The lowest BCUT2D eigenvalue weighted by molar-refractivity contribution is -0.150. The Kier molecular flexibility index (Phi) is 7.80. The molecule has 2 aromatic carbocycles. The number of carbonyl (C=O) groups is 3. The molecule has 1 aliphatic rings. The molecule has 0 saturated carbocycles. The number of carbonyl (C=O) groups excluding carboxylic acids is 3. The molecule has 0 fully saturated rings. The number of nitrogens with zero attached hydrogens (tertiary/aromatic N) is 1. The minimum atomic E-state index is -1.29. The van der Waals surface area contributed by atoms with Crippen LogP contribution in [0.3, 0.4) is 0 Å². The maximum absolute atomic E-state index is 12.8. The summed E-state index contributed by atoms with van der Waals surface area (Å²) in [7, 11) is 1.17. The smallest absolute Gasteiger partial charge is 0.319 e. The topological polar surface area (TPSA) is 108 Å². The Morgan fingerprint density at radius 1 is 1.22 bits per heavy atom. The summed E-state index contributed by atoms with van der Waals surface area (Å²) in [6, 6.07) is 15.4. The van der Waals surface area contributed by atoms with E-state index in [1.807, 2.05) is 0 Å². The highest BCUT2D eigenvalue weighted by molar-refractivity contribution is 8.03. The molecule has 0 unspecified atom stereocenters. The van der Waals surface area contributed by atoms with Crippen LogP contribution in [0.1, 0.15) is 11.5 Å². The van der Waals surface area contributed by atoms with E-state index in [1.54, 1.807) is 48.5 Å². The van der Waals surface area contributed by atoms with Crippen molar-refractivity contribution in [3.05, 3.63) is 74.7 Å². The van der Waals surface area contributed by atoms with Crippen LogP contribution in [0.2, 0.25) is 10.0 Å². The van der Waals surface area contributed by atoms with Crippen LogP contribution in [0.15, 0.2) is 59.1 Å². The first-order valence-electron chi connectivity index (χ1n) is 9.31. The SMILES string of the molecule is COC(=O)[C@H]1C(=O)NC(SCC(=O)Nc2cccc(Cl)c2)=C(C#N)[C@@H]1c1ccccc1Cl. The van der Waals surface area contributed by atoms with Crippen LogP contribution in [-0.2, 0) is 19.1 Å². The highest BCUT2D eigenvalue weighted by Gasteiger charge is 2.45. The number of allylic oxidation sites excluding steroid dienone is 1. The van der Waals surface area contributed by atoms with Gasteiger partial charge in [-0.1, -0.05) is 59.2 Å². The second-order valence-electron chi connectivity index (χ2n) is 6.69. The highest BCUT2D eigenvalue weighted by Crippen LogP contribution is 2.42. The number of amides is 2. The lowest BCUT2D eigenvalue weighted by Crippen LogP contribution is -2.44. The van der Waals surface area contributed by atoms with Crippen molar-refractivity contribution in [1.29, 1.82) is 5.26 Å². The van der Waals surface area contributed by atoms with Gasteiger partial charge in [0.1, 0.15) is 5.92 Å². The summed E-state index contributed by atoms with van der Waals surface area (Å²) in [6.07, 6.45) is 0. The van der Waals surface area contributed by atoms with Crippen molar-refractivity contribution in [3.8, 4) is 6.07 Å². The van der Waals surface area contributed by atoms with Crippen molar-refractivity contribution in [1.82, 2.24) is 5.32 Å². The molecule has 0 aliphatic carbocycles. The number of thioether (sulfide) groups is 1. The second kappa shape index (κ2) is 10.6. The van der Waals surface area contributed by atoms with Crippen molar-refractivity contribution in [3.63, 3.8) is 0 Å². The zero-order chi connectivity index (χ0) is 23.3. The summed E-state index contributed by atoms with van der Waals surface area (Å²) in [6.45, 7) is 0. The molecule has 7 nitrogen and oxygen atoms in total. The number of anilines is 1. The maximum atomic E-state index is 12.8. The van der Waals surface area contributed by atoms with Crippen molar-refractivity contribution in [2.24, 2.45) is 5.92 Å². The van der Waals surface area contributed by atoms with Gasteiger partial charge in [-0.05, 0) is 29.8 Å². The van der Waals surface area contributed by atoms with E-state index in [0.717, 1.165) is 11.8 Å². The molecule has 0 bridgehead atoms. The Bertz CT molecular complexity index is 1150. The molecule has 0 spiro atoms. The van der Waals surface area contributed by atoms with Crippen LogP contribution in [0, 0.1) is 17.2 Å². The normalized spacial score (nSPS) is 17.9. The fraction of sp³-hybridized carbons (Fsp3) is 0.182. The Balaban J connectivity index is 1.91. The summed E-state index contributed by atoms with van der Waals surface area (Å²) in [4.78, 5) is 37.6. The van der Waals surface area contributed by atoms with E-state index in [-0.39, 0.29) is 22.3 Å². The van der Waals surface area contributed by atoms with Gasteiger partial charge in [0, 0.05) is 21.7 Å². The number of ether oxygens (including phenoxy) is 1. The third-order valence-corrected chi connectivity index (χ3v) is 6.28. The van der Waals surface area contributed by atoms with Gasteiger partial charge in [-0.15, -0.1) is 0 Å². The lowest BCUT2D eigenvalue weighted by Gasteiger charge is -2.31. The first kappa shape index (κ1) is 23.7. The molecule has 0 radical (unpaired) electrons. The molecule has 32 heavy (non-hydrogen) atoms. The first-order chi connectivity index (χ1) is 15.3. The fourth-order valence-corrected chi connectivity index (χ4v) is 4.58. The van der Waals surface area contributed by atoms with E-state index in [2.05, 4.69) is 16.7 Å². The molecule has 2 N–H and O–H groups in total. The molecule has 0 aromatic heterocycles. The summed E-state index contributed by atoms with van der Waals surface area (Å²) in [5.41, 5.74) is 1.08. The number of nitrogens with one attached hydrogen (secondary N) is 2. The third-order valence-electron chi connectivity index (χ3n) is 4.68. The molecular formula is C22H17Cl2N3O4S. The van der Waals surface area contributed by atoms with E-state index in [9.17, 15) is 19.6 Å². The van der Waals surface area contributed by atoms with Gasteiger partial charge < -0.3 is 15.4 Å². The van der Waals surface area contributed by atoms with Crippen LogP contribution < -0.4 is 10.6 Å². The maximum Gasteiger partial charge on any atom is 0.319 e. The molecule has 2 aromatic rings. The zero-order valence-electron chi connectivity index (χ0n) is 16.7. The number of rotatable bonds is 6. The van der Waals surface area contributed by atoms with Gasteiger partial charge >= 0.3 is 5.97 Å². The van der Waals surface area contributed by atoms with Crippen molar-refractivity contribution in [2.45, 2.75) is 5.92 Å². The molecule has 2 amide bonds. The van der Waals surface area contributed by atoms with Gasteiger partial charge in [-0.3, -0.25) is 14.4 Å². The van der Waals surface area contributed by atoms with E-state index >= 15 is 0 Å². The minimum Gasteiger partial charge on any atom is -0.468 e. The average Bonchev–Trinajstić information content (AvgIpc) is 2.77. The fourth-order valence-electron chi connectivity index (χ4n) is 3.28. The summed E-state index contributed by atoms with van der Waals surface area (Å²) in [5, 5.41) is 16.1. The van der Waals surface area contributed by atoms with Gasteiger partial charge in [-0.2, -0.15) is 5.26 Å². The van der Waals surface area contributed by atoms with E-state index in [4.69, 9.17) is 27.9 Å². The van der Waals surface area contributed by atoms with Gasteiger partial charge in [0.2, 0.25) is 11.8 Å². The highest BCUT2D eigenvalue weighted by atomic mass is 35.5. The molecule has 1 aliphatic heterocycles. The molecule has 10 heteroatoms. The van der Waals surface area contributed by atoms with Crippen LogP contribution >= 0.6 is 35.0 Å². The number of hydrogen-bond acceptors (Lipinski definition) is 6. The molecule has 2 atom stereocenters. The van der Waals surface area contributed by atoms with Crippen LogP contribution in [0.5, 0.6) is 0 Å². The Hall–Kier alpha value is -2.99. The summed E-state index contributed by atoms with van der Waals surface area (Å²) < 4.78 is 4.80. The third kappa shape index (κ3) is 5.25. The predicted molar refractivity (Wildman–Crippen MR) is 123 cm³/mol. The summed E-state index contributed by atoms with van der Waals surface area (Å²) >= 11 is 13.2. The number of methoxy groups -OCH3 is 1. The van der Waals surface area contributed by atoms with Gasteiger partial charge in [-0.25, -0.2) is 0 Å². The predicted octanol–water partition coefficient (Wildman–Crippen LogP) is 4.10. The average molecular weight is 490 g/mol. The molecule has 164 valence electrons. The molecule has 1 heterocycles. The van der Waals surface area contributed by atoms with Crippen molar-refractivity contribution >= 4 is 58.4 Å². The molecule has 3 rings (SSSR count). The van der Waals surface area contributed by atoms with Crippen molar-refractivity contribution in [2.75, 3.05) is 18.2 Å². The minimum absolute atomic E-state index is 0.0918. The number of halogens is 2. The van der Waals surface area contributed by atoms with Gasteiger partial charge in [0.25, 0.3) is 0 Å². The summed E-state index contributed by atoms with van der Waals surface area (Å²) in [5.74, 6) is -4.12. The molecular weight excluding hydrogens is 473 g/mol. The van der Waals surface area contributed by atoms with Gasteiger partial charge in [0.05, 0.1) is 29.5 Å². The van der Waals surface area contributed by atoms with Gasteiger partial charge in [0.15, 0.2) is 0 Å². The Morgan fingerprint density at radius 3 is 2.62 bits per heavy atom. The second-order valence-corrected chi connectivity index (χ2v) is 8.52. The van der Waals surface area contributed by atoms with Crippen LogP contribution in [0.4, 0.5) is 5.69 Å². The van der Waals surface area contributed by atoms with E-state index in [1.165, 1.54) is 7.11 Å². The number of esters is 1. The number of nitriles is 1. The Labute approximate surface area is 198 Å². The lowest BCUT2D eigenvalue weighted by atomic mass is 9.78. The monoisotopic (exact) mass is 489 g/mol. The number of benzene rings is 2. The Morgan fingerprint density at radius 2 is 1.97 bits per heavy atom. The molecule has 0 saturated heterocycles. The first-order valence-corrected chi connectivity index (χ1v) is 11.1. The zero-order valence-corrected chi connectivity index (χ0v) is 19.1. The standard InChI is InChI=1S/C22H17Cl2N3O4S/c1-31-22(30)19-18(14-7-2-3-8-16(14)24)15(10-25)21(27-20(19)29)32-11-17(28)26-13-6-4-5-12(23)9-13/h2-9,18-19H,11H2,1H3,(H,26,28)(H,27,29)/t18-,19+/m0/s1. The number of hydrogen-bond donors (Lipinski definition) is 2. The van der Waals surface area contributed by atoms with Crippen molar-refractivity contribution < 1.29 is 19.1 Å².